The fraction of sp³-hybridized carbons (Fsp3) is 1.00. The second-order valence-corrected chi connectivity index (χ2v) is 5.79. The van der Waals surface area contributed by atoms with Crippen LogP contribution in [0, 0.1) is 11.8 Å². The van der Waals surface area contributed by atoms with Crippen LogP contribution in [0.5, 0.6) is 0 Å². The summed E-state index contributed by atoms with van der Waals surface area (Å²) in [4.78, 5) is 8.10. The molecule has 3 heteroatoms. The second kappa shape index (κ2) is 8.06. The SMILES string of the molecule is CCCN1CCC(C(C)NOCC(C)C)CC1. The Morgan fingerprint density at radius 1 is 1.24 bits per heavy atom. The molecule has 0 radical (unpaired) electrons. The highest BCUT2D eigenvalue weighted by Gasteiger charge is 2.23. The number of piperidine rings is 1. The van der Waals surface area contributed by atoms with Crippen molar-refractivity contribution in [2.24, 2.45) is 11.8 Å². The van der Waals surface area contributed by atoms with Crippen LogP contribution in [0.1, 0.15) is 47.0 Å². The molecule has 1 heterocycles. The molecule has 17 heavy (non-hydrogen) atoms. The Bertz CT molecular complexity index is 189. The summed E-state index contributed by atoms with van der Waals surface area (Å²) >= 11 is 0. The standard InChI is InChI=1S/C14H30N2O/c1-5-8-16-9-6-14(7-10-16)13(4)15-17-11-12(2)3/h12-15H,5-11H2,1-4H3. The van der Waals surface area contributed by atoms with Gasteiger partial charge in [0.05, 0.1) is 6.61 Å². The van der Waals surface area contributed by atoms with Crippen LogP contribution in [-0.2, 0) is 4.84 Å². The van der Waals surface area contributed by atoms with Gasteiger partial charge in [0.15, 0.2) is 0 Å². The average molecular weight is 242 g/mol. The molecule has 1 saturated heterocycles. The summed E-state index contributed by atoms with van der Waals surface area (Å²) in [5.41, 5.74) is 3.21. The number of rotatable bonds is 7. The Kier molecular flexibility index (Phi) is 7.09. The quantitative estimate of drug-likeness (QED) is 0.695. The predicted molar refractivity (Wildman–Crippen MR) is 72.8 cm³/mol. The fourth-order valence-electron chi connectivity index (χ4n) is 2.44. The molecular weight excluding hydrogens is 212 g/mol. The molecule has 0 aromatic heterocycles. The van der Waals surface area contributed by atoms with Gasteiger partial charge in [-0.3, -0.25) is 0 Å². The van der Waals surface area contributed by atoms with Crippen LogP contribution in [0.3, 0.4) is 0 Å². The number of hydrogen-bond acceptors (Lipinski definition) is 3. The number of likely N-dealkylation sites (tertiary alicyclic amines) is 1. The van der Waals surface area contributed by atoms with Crippen LogP contribution in [0.25, 0.3) is 0 Å². The molecule has 0 amide bonds. The van der Waals surface area contributed by atoms with Gasteiger partial charge >= 0.3 is 0 Å². The van der Waals surface area contributed by atoms with E-state index in [0.29, 0.717) is 12.0 Å². The van der Waals surface area contributed by atoms with Crippen LogP contribution < -0.4 is 5.48 Å². The highest BCUT2D eigenvalue weighted by Crippen LogP contribution is 2.20. The lowest BCUT2D eigenvalue weighted by Gasteiger charge is -2.34. The molecule has 3 nitrogen and oxygen atoms in total. The topological polar surface area (TPSA) is 24.5 Å². The van der Waals surface area contributed by atoms with E-state index in [0.717, 1.165) is 12.5 Å². The molecule has 1 fully saturated rings. The van der Waals surface area contributed by atoms with Gasteiger partial charge < -0.3 is 9.74 Å². The van der Waals surface area contributed by atoms with Crippen molar-refractivity contribution in [2.75, 3.05) is 26.2 Å². The van der Waals surface area contributed by atoms with Crippen LogP contribution in [0.2, 0.25) is 0 Å². The van der Waals surface area contributed by atoms with E-state index in [9.17, 15) is 0 Å². The molecule has 1 aliphatic heterocycles. The first kappa shape index (κ1) is 14.9. The largest absolute Gasteiger partial charge is 0.303 e. The summed E-state index contributed by atoms with van der Waals surface area (Å²) in [7, 11) is 0. The van der Waals surface area contributed by atoms with Crippen LogP contribution in [0.15, 0.2) is 0 Å². The minimum Gasteiger partial charge on any atom is -0.303 e. The van der Waals surface area contributed by atoms with E-state index in [1.807, 2.05) is 0 Å². The minimum atomic E-state index is 0.484. The number of nitrogens with zero attached hydrogens (tertiary/aromatic N) is 1. The van der Waals surface area contributed by atoms with E-state index in [1.54, 1.807) is 0 Å². The van der Waals surface area contributed by atoms with E-state index >= 15 is 0 Å². The van der Waals surface area contributed by atoms with Gasteiger partial charge in [-0.05, 0) is 57.7 Å². The van der Waals surface area contributed by atoms with Gasteiger partial charge in [-0.1, -0.05) is 20.8 Å². The van der Waals surface area contributed by atoms with Crippen molar-refractivity contribution in [3.05, 3.63) is 0 Å². The van der Waals surface area contributed by atoms with Crippen molar-refractivity contribution in [1.82, 2.24) is 10.4 Å². The summed E-state index contributed by atoms with van der Waals surface area (Å²) in [6.07, 6.45) is 3.88. The zero-order valence-electron chi connectivity index (χ0n) is 12.0. The Morgan fingerprint density at radius 2 is 1.88 bits per heavy atom. The molecule has 1 rings (SSSR count). The lowest BCUT2D eigenvalue weighted by molar-refractivity contribution is -0.0156. The van der Waals surface area contributed by atoms with Crippen LogP contribution in [0.4, 0.5) is 0 Å². The molecule has 1 N–H and O–H groups in total. The summed E-state index contributed by atoms with van der Waals surface area (Å²) in [6, 6.07) is 0.484. The van der Waals surface area contributed by atoms with Gasteiger partial charge in [-0.2, -0.15) is 5.48 Å². The molecule has 102 valence electrons. The van der Waals surface area contributed by atoms with Crippen molar-refractivity contribution in [3.8, 4) is 0 Å². The van der Waals surface area contributed by atoms with Gasteiger partial charge in [0.1, 0.15) is 0 Å². The first-order valence-corrected chi connectivity index (χ1v) is 7.23. The highest BCUT2D eigenvalue weighted by atomic mass is 16.6. The van der Waals surface area contributed by atoms with Crippen molar-refractivity contribution in [2.45, 2.75) is 53.0 Å². The van der Waals surface area contributed by atoms with Crippen LogP contribution >= 0.6 is 0 Å². The van der Waals surface area contributed by atoms with Crippen LogP contribution in [-0.4, -0.2) is 37.2 Å². The van der Waals surface area contributed by atoms with E-state index < -0.39 is 0 Å². The first-order chi connectivity index (χ1) is 8.13. The Morgan fingerprint density at radius 3 is 2.41 bits per heavy atom. The van der Waals surface area contributed by atoms with Crippen molar-refractivity contribution < 1.29 is 4.84 Å². The van der Waals surface area contributed by atoms with E-state index in [1.165, 1.54) is 38.9 Å². The summed E-state index contributed by atoms with van der Waals surface area (Å²) in [5, 5.41) is 0. The zero-order chi connectivity index (χ0) is 12.7. The number of nitrogens with one attached hydrogen (secondary N) is 1. The average Bonchev–Trinajstić information content (AvgIpc) is 2.30. The molecule has 0 bridgehead atoms. The number of hydrogen-bond donors (Lipinski definition) is 1. The monoisotopic (exact) mass is 242 g/mol. The maximum atomic E-state index is 5.52. The predicted octanol–water partition coefficient (Wildman–Crippen LogP) is 2.67. The van der Waals surface area contributed by atoms with Crippen molar-refractivity contribution in [3.63, 3.8) is 0 Å². The Balaban J connectivity index is 2.14. The Labute approximate surface area is 107 Å². The minimum absolute atomic E-state index is 0.484. The van der Waals surface area contributed by atoms with Gasteiger partial charge in [0.25, 0.3) is 0 Å². The van der Waals surface area contributed by atoms with Crippen molar-refractivity contribution in [1.29, 1.82) is 0 Å². The Hall–Kier alpha value is -0.120. The van der Waals surface area contributed by atoms with E-state index in [-0.39, 0.29) is 0 Å². The summed E-state index contributed by atoms with van der Waals surface area (Å²) in [6.45, 7) is 13.4. The maximum Gasteiger partial charge on any atom is 0.0705 e. The summed E-state index contributed by atoms with van der Waals surface area (Å²) < 4.78 is 0. The molecule has 1 unspecified atom stereocenters. The third-order valence-corrected chi connectivity index (χ3v) is 3.57. The molecule has 0 aromatic carbocycles. The molecule has 0 aromatic rings. The van der Waals surface area contributed by atoms with E-state index in [2.05, 4.69) is 38.1 Å². The first-order valence-electron chi connectivity index (χ1n) is 7.23. The third-order valence-electron chi connectivity index (χ3n) is 3.57. The molecule has 0 saturated carbocycles. The fourth-order valence-corrected chi connectivity index (χ4v) is 2.44. The molecule has 0 aliphatic carbocycles. The lowest BCUT2D eigenvalue weighted by atomic mass is 9.91. The van der Waals surface area contributed by atoms with Gasteiger partial charge in [0.2, 0.25) is 0 Å². The molecule has 1 aliphatic rings. The molecule has 1 atom stereocenters. The van der Waals surface area contributed by atoms with Gasteiger partial charge in [-0.25, -0.2) is 0 Å². The van der Waals surface area contributed by atoms with Crippen molar-refractivity contribution >= 4 is 0 Å². The molecule has 0 spiro atoms. The van der Waals surface area contributed by atoms with Gasteiger partial charge in [-0.15, -0.1) is 0 Å². The van der Waals surface area contributed by atoms with E-state index in [4.69, 9.17) is 4.84 Å². The third kappa shape index (κ3) is 5.84. The number of hydroxylamine groups is 1. The highest BCUT2D eigenvalue weighted by molar-refractivity contribution is 4.77. The normalized spacial score (nSPS) is 21.0. The zero-order valence-corrected chi connectivity index (χ0v) is 12.0. The van der Waals surface area contributed by atoms with Gasteiger partial charge in [0, 0.05) is 6.04 Å². The summed E-state index contributed by atoms with van der Waals surface area (Å²) in [5.74, 6) is 1.37. The lowest BCUT2D eigenvalue weighted by Crippen LogP contribution is -2.42. The maximum absolute atomic E-state index is 5.52. The molecular formula is C14H30N2O. The smallest absolute Gasteiger partial charge is 0.0705 e. The second-order valence-electron chi connectivity index (χ2n) is 5.79.